The lowest BCUT2D eigenvalue weighted by atomic mass is 10.3. The Kier molecular flexibility index (Phi) is 5.59. The number of nitrogens with one attached hydrogen (secondary N) is 1. The number of carbonyl (C=O) groups excluding carboxylic acids is 2. The van der Waals surface area contributed by atoms with Gasteiger partial charge in [0.1, 0.15) is 6.26 Å². The molecular formula is C12H16N2O5. The fourth-order valence-electron chi connectivity index (χ4n) is 1.36. The first-order valence-electron chi connectivity index (χ1n) is 5.77. The highest BCUT2D eigenvalue weighted by atomic mass is 16.4. The first-order chi connectivity index (χ1) is 9.00. The summed E-state index contributed by atoms with van der Waals surface area (Å²) in [6.45, 7) is 0.351. The SMILES string of the molecule is CN(CCC(=O)O)C(=O)CCNC(=O)c1ccoc1. The number of carboxylic acid groups (broad SMARTS) is 1. The number of amides is 2. The molecule has 0 unspecified atom stereocenters. The van der Waals surface area contributed by atoms with E-state index in [1.165, 1.54) is 30.5 Å². The Balaban J connectivity index is 2.23. The van der Waals surface area contributed by atoms with E-state index in [2.05, 4.69) is 5.32 Å². The van der Waals surface area contributed by atoms with E-state index in [0.717, 1.165) is 0 Å². The van der Waals surface area contributed by atoms with E-state index in [0.29, 0.717) is 5.56 Å². The molecule has 1 aromatic rings. The maximum Gasteiger partial charge on any atom is 0.305 e. The average Bonchev–Trinajstić information content (AvgIpc) is 2.89. The average molecular weight is 268 g/mol. The fourth-order valence-corrected chi connectivity index (χ4v) is 1.36. The van der Waals surface area contributed by atoms with Crippen LogP contribution in [0.25, 0.3) is 0 Å². The molecule has 2 N–H and O–H groups in total. The van der Waals surface area contributed by atoms with Gasteiger partial charge in [0.2, 0.25) is 5.91 Å². The van der Waals surface area contributed by atoms with Crippen LogP contribution in [0.3, 0.4) is 0 Å². The summed E-state index contributed by atoms with van der Waals surface area (Å²) in [6.07, 6.45) is 2.74. The minimum absolute atomic E-state index is 0.0936. The van der Waals surface area contributed by atoms with Crippen molar-refractivity contribution in [3.63, 3.8) is 0 Å². The zero-order valence-electron chi connectivity index (χ0n) is 10.6. The van der Waals surface area contributed by atoms with Gasteiger partial charge in [-0.2, -0.15) is 0 Å². The number of aliphatic carboxylic acids is 1. The number of hydrogen-bond donors (Lipinski definition) is 2. The third kappa shape index (κ3) is 5.24. The molecule has 0 aliphatic heterocycles. The van der Waals surface area contributed by atoms with Crippen LogP contribution < -0.4 is 5.32 Å². The minimum Gasteiger partial charge on any atom is -0.481 e. The molecule has 0 radical (unpaired) electrons. The Morgan fingerprint density at radius 1 is 1.37 bits per heavy atom. The molecule has 19 heavy (non-hydrogen) atoms. The predicted octanol–water partition coefficient (Wildman–Crippen LogP) is 0.333. The summed E-state index contributed by atoms with van der Waals surface area (Å²) < 4.78 is 4.76. The van der Waals surface area contributed by atoms with E-state index < -0.39 is 5.97 Å². The summed E-state index contributed by atoms with van der Waals surface area (Å²) in [5, 5.41) is 11.1. The van der Waals surface area contributed by atoms with Crippen LogP contribution in [0, 0.1) is 0 Å². The van der Waals surface area contributed by atoms with Crippen molar-refractivity contribution in [3.8, 4) is 0 Å². The molecule has 0 aliphatic carbocycles. The minimum atomic E-state index is -0.951. The summed E-state index contributed by atoms with van der Waals surface area (Å²) in [6, 6.07) is 1.52. The highest BCUT2D eigenvalue weighted by molar-refractivity contribution is 5.94. The zero-order valence-corrected chi connectivity index (χ0v) is 10.6. The first-order valence-corrected chi connectivity index (χ1v) is 5.77. The first kappa shape index (κ1) is 14.7. The van der Waals surface area contributed by atoms with Crippen molar-refractivity contribution in [3.05, 3.63) is 24.2 Å². The quantitative estimate of drug-likeness (QED) is 0.742. The smallest absolute Gasteiger partial charge is 0.305 e. The topological polar surface area (TPSA) is 99.9 Å². The fraction of sp³-hybridized carbons (Fsp3) is 0.417. The summed E-state index contributed by atoms with van der Waals surface area (Å²) in [5.74, 6) is -1.48. The van der Waals surface area contributed by atoms with Gasteiger partial charge < -0.3 is 19.7 Å². The molecule has 2 amide bonds. The molecule has 0 saturated carbocycles. The largest absolute Gasteiger partial charge is 0.481 e. The van der Waals surface area contributed by atoms with Gasteiger partial charge >= 0.3 is 5.97 Å². The van der Waals surface area contributed by atoms with Crippen LogP contribution in [-0.2, 0) is 9.59 Å². The Hall–Kier alpha value is -2.31. The molecule has 1 heterocycles. The van der Waals surface area contributed by atoms with Gasteiger partial charge in [0.25, 0.3) is 5.91 Å². The van der Waals surface area contributed by atoms with Gasteiger partial charge in [0.15, 0.2) is 0 Å². The third-order valence-electron chi connectivity index (χ3n) is 2.49. The lowest BCUT2D eigenvalue weighted by Gasteiger charge is -2.15. The molecule has 7 heteroatoms. The van der Waals surface area contributed by atoms with Crippen LogP contribution in [0.4, 0.5) is 0 Å². The van der Waals surface area contributed by atoms with E-state index in [-0.39, 0.29) is 37.7 Å². The third-order valence-corrected chi connectivity index (χ3v) is 2.49. The number of nitrogens with zero attached hydrogens (tertiary/aromatic N) is 1. The number of carbonyl (C=O) groups is 3. The summed E-state index contributed by atoms with van der Waals surface area (Å²) in [7, 11) is 1.53. The Morgan fingerprint density at radius 3 is 2.68 bits per heavy atom. The van der Waals surface area contributed by atoms with Crippen molar-refractivity contribution >= 4 is 17.8 Å². The van der Waals surface area contributed by atoms with Gasteiger partial charge in [0.05, 0.1) is 18.2 Å². The van der Waals surface area contributed by atoms with Gasteiger partial charge in [-0.1, -0.05) is 0 Å². The normalized spacial score (nSPS) is 9.95. The monoisotopic (exact) mass is 268 g/mol. The number of carboxylic acids is 1. The highest BCUT2D eigenvalue weighted by Gasteiger charge is 2.11. The van der Waals surface area contributed by atoms with Crippen LogP contribution in [0.1, 0.15) is 23.2 Å². The molecule has 0 atom stereocenters. The van der Waals surface area contributed by atoms with Crippen molar-refractivity contribution in [2.45, 2.75) is 12.8 Å². The molecular weight excluding hydrogens is 252 g/mol. The molecule has 0 bridgehead atoms. The lowest BCUT2D eigenvalue weighted by molar-refractivity contribution is -0.138. The second-order valence-electron chi connectivity index (χ2n) is 3.98. The Labute approximate surface area is 110 Å². The molecule has 0 spiro atoms. The maximum absolute atomic E-state index is 11.6. The van der Waals surface area contributed by atoms with Crippen LogP contribution in [-0.4, -0.2) is 47.9 Å². The number of furan rings is 1. The van der Waals surface area contributed by atoms with Crippen LogP contribution in [0.15, 0.2) is 23.0 Å². The van der Waals surface area contributed by atoms with Gasteiger partial charge in [-0.15, -0.1) is 0 Å². The van der Waals surface area contributed by atoms with Crippen molar-refractivity contribution in [2.75, 3.05) is 20.1 Å². The van der Waals surface area contributed by atoms with E-state index in [9.17, 15) is 14.4 Å². The second-order valence-corrected chi connectivity index (χ2v) is 3.98. The molecule has 1 rings (SSSR count). The van der Waals surface area contributed by atoms with Crippen LogP contribution >= 0.6 is 0 Å². The number of rotatable bonds is 7. The lowest BCUT2D eigenvalue weighted by Crippen LogP contribution is -2.33. The summed E-state index contributed by atoms with van der Waals surface area (Å²) >= 11 is 0. The van der Waals surface area contributed by atoms with Crippen LogP contribution in [0.2, 0.25) is 0 Å². The predicted molar refractivity (Wildman–Crippen MR) is 65.5 cm³/mol. The standard InChI is InChI=1S/C12H16N2O5/c1-14(6-3-11(16)17)10(15)2-5-13-12(18)9-4-7-19-8-9/h4,7-8H,2-3,5-6H2,1H3,(H,13,18)(H,16,17). The molecule has 104 valence electrons. The Bertz CT molecular complexity index is 441. The second kappa shape index (κ2) is 7.20. The molecule has 0 aliphatic rings. The highest BCUT2D eigenvalue weighted by Crippen LogP contribution is 1.99. The molecule has 1 aromatic heterocycles. The van der Waals surface area contributed by atoms with Gasteiger partial charge in [-0.3, -0.25) is 14.4 Å². The van der Waals surface area contributed by atoms with Crippen molar-refractivity contribution < 1.29 is 23.9 Å². The summed E-state index contributed by atoms with van der Waals surface area (Å²) in [4.78, 5) is 34.8. The van der Waals surface area contributed by atoms with Crippen LogP contribution in [0.5, 0.6) is 0 Å². The molecule has 0 saturated heterocycles. The Morgan fingerprint density at radius 2 is 2.11 bits per heavy atom. The van der Waals surface area contributed by atoms with Gasteiger partial charge in [-0.05, 0) is 6.07 Å². The van der Waals surface area contributed by atoms with E-state index in [4.69, 9.17) is 9.52 Å². The molecule has 0 aromatic carbocycles. The van der Waals surface area contributed by atoms with Crippen molar-refractivity contribution in [1.29, 1.82) is 0 Å². The zero-order chi connectivity index (χ0) is 14.3. The number of hydrogen-bond acceptors (Lipinski definition) is 4. The van der Waals surface area contributed by atoms with Crippen molar-refractivity contribution in [1.82, 2.24) is 10.2 Å². The van der Waals surface area contributed by atoms with Crippen molar-refractivity contribution in [2.24, 2.45) is 0 Å². The van der Waals surface area contributed by atoms with E-state index in [1.54, 1.807) is 0 Å². The van der Waals surface area contributed by atoms with Gasteiger partial charge in [-0.25, -0.2) is 0 Å². The maximum atomic E-state index is 11.6. The van der Waals surface area contributed by atoms with Gasteiger partial charge in [0, 0.05) is 26.6 Å². The molecule has 0 fully saturated rings. The summed E-state index contributed by atoms with van der Waals surface area (Å²) in [5.41, 5.74) is 0.395. The van der Waals surface area contributed by atoms with E-state index in [1.807, 2.05) is 0 Å². The van der Waals surface area contributed by atoms with E-state index >= 15 is 0 Å². The molecule has 7 nitrogen and oxygen atoms in total.